The Balaban J connectivity index is 1.95. The van der Waals surface area contributed by atoms with Gasteiger partial charge in [-0.2, -0.15) is 0 Å². The van der Waals surface area contributed by atoms with Gasteiger partial charge in [-0.1, -0.05) is 12.1 Å². The lowest BCUT2D eigenvalue weighted by Crippen LogP contribution is -2.10. The van der Waals surface area contributed by atoms with Crippen LogP contribution >= 0.6 is 12.2 Å². The molecule has 0 fully saturated rings. The summed E-state index contributed by atoms with van der Waals surface area (Å²) in [6, 6.07) is 11.4. The van der Waals surface area contributed by atoms with Crippen LogP contribution in [0.5, 0.6) is 5.75 Å². The van der Waals surface area contributed by atoms with Crippen molar-refractivity contribution in [1.82, 2.24) is 0 Å². The van der Waals surface area contributed by atoms with Crippen LogP contribution in [-0.2, 0) is 11.3 Å². The Kier molecular flexibility index (Phi) is 4.78. The van der Waals surface area contributed by atoms with E-state index in [1.807, 2.05) is 0 Å². The number of para-hydroxylation sites is 1. The van der Waals surface area contributed by atoms with Crippen LogP contribution < -0.4 is 4.74 Å². The first-order valence-corrected chi connectivity index (χ1v) is 6.29. The fourth-order valence-corrected chi connectivity index (χ4v) is 1.73. The summed E-state index contributed by atoms with van der Waals surface area (Å²) >= 11 is 4.87. The van der Waals surface area contributed by atoms with E-state index in [1.54, 1.807) is 18.2 Å². The highest BCUT2D eigenvalue weighted by atomic mass is 32.1. The maximum Gasteiger partial charge on any atom is 0.358 e. The van der Waals surface area contributed by atoms with E-state index in [1.165, 1.54) is 30.3 Å². The number of nitro groups is 1. The highest BCUT2D eigenvalue weighted by Crippen LogP contribution is 2.19. The van der Waals surface area contributed by atoms with Crippen molar-refractivity contribution in [2.24, 2.45) is 0 Å². The summed E-state index contributed by atoms with van der Waals surface area (Å²) in [5.41, 5.74) is 0.328. The molecule has 5 nitrogen and oxygen atoms in total. The van der Waals surface area contributed by atoms with Gasteiger partial charge in [0.25, 0.3) is 5.69 Å². The topological polar surface area (TPSA) is 61.6 Å². The zero-order valence-corrected chi connectivity index (χ0v) is 11.5. The number of ether oxygens (including phenoxy) is 2. The second-order valence-electron chi connectivity index (χ2n) is 3.98. The number of hydrogen-bond donors (Lipinski definition) is 0. The monoisotopic (exact) mass is 307 g/mol. The summed E-state index contributed by atoms with van der Waals surface area (Å²) in [5.74, 6) is -0.0712. The largest absolute Gasteiger partial charge is 0.451 e. The van der Waals surface area contributed by atoms with Crippen molar-refractivity contribution in [2.45, 2.75) is 6.61 Å². The molecule has 0 heterocycles. The van der Waals surface area contributed by atoms with Gasteiger partial charge >= 0.3 is 5.24 Å². The molecule has 0 aromatic heterocycles. The van der Waals surface area contributed by atoms with Gasteiger partial charge in [-0.15, -0.1) is 0 Å². The Bertz CT molecular complexity index is 660. The summed E-state index contributed by atoms with van der Waals surface area (Å²) in [4.78, 5) is 10.3. The summed E-state index contributed by atoms with van der Waals surface area (Å²) in [5, 5.41) is 10.6. The summed E-state index contributed by atoms with van der Waals surface area (Å²) < 4.78 is 23.1. The SMILES string of the molecule is O=[N+]([O-])c1ccccc1COC(=S)Oc1ccc(F)cc1. The van der Waals surface area contributed by atoms with Crippen LogP contribution in [0.1, 0.15) is 5.56 Å². The van der Waals surface area contributed by atoms with Crippen LogP contribution in [0.3, 0.4) is 0 Å². The van der Waals surface area contributed by atoms with Gasteiger partial charge in [-0.25, -0.2) is 4.39 Å². The number of benzene rings is 2. The number of thiocarbonyl (C=S) groups is 1. The molecule has 0 unspecified atom stereocenters. The maximum atomic E-state index is 12.7. The number of rotatable bonds is 4. The van der Waals surface area contributed by atoms with E-state index in [9.17, 15) is 14.5 Å². The summed E-state index contributed by atoms with van der Waals surface area (Å²) in [7, 11) is 0. The van der Waals surface area contributed by atoms with Crippen molar-refractivity contribution in [3.63, 3.8) is 0 Å². The van der Waals surface area contributed by atoms with Crippen molar-refractivity contribution < 1.29 is 18.8 Å². The lowest BCUT2D eigenvalue weighted by Gasteiger charge is -2.08. The first-order valence-electron chi connectivity index (χ1n) is 5.89. The molecule has 0 atom stereocenters. The molecule has 0 saturated carbocycles. The van der Waals surface area contributed by atoms with Crippen LogP contribution in [0.25, 0.3) is 0 Å². The molecule has 0 bridgehead atoms. The first-order chi connectivity index (χ1) is 10.1. The molecule has 108 valence electrons. The Morgan fingerprint density at radius 2 is 1.86 bits per heavy atom. The van der Waals surface area contributed by atoms with Crippen molar-refractivity contribution in [2.75, 3.05) is 0 Å². The van der Waals surface area contributed by atoms with Gasteiger partial charge in [0.15, 0.2) is 0 Å². The van der Waals surface area contributed by atoms with Crippen LogP contribution in [0.15, 0.2) is 48.5 Å². The van der Waals surface area contributed by atoms with Crippen molar-refractivity contribution in [3.05, 3.63) is 70.0 Å². The van der Waals surface area contributed by atoms with Crippen molar-refractivity contribution >= 4 is 23.1 Å². The Morgan fingerprint density at radius 1 is 1.19 bits per heavy atom. The van der Waals surface area contributed by atoms with Gasteiger partial charge < -0.3 is 9.47 Å². The summed E-state index contributed by atoms with van der Waals surface area (Å²) in [6.45, 7) is -0.0861. The average molecular weight is 307 g/mol. The molecule has 0 radical (unpaired) electrons. The molecule has 0 amide bonds. The Morgan fingerprint density at radius 3 is 2.52 bits per heavy atom. The molecule has 2 rings (SSSR count). The molecule has 2 aromatic carbocycles. The molecule has 0 aliphatic heterocycles. The Hall–Kier alpha value is -2.54. The predicted octanol–water partition coefficient (Wildman–Crippen LogP) is 3.61. The van der Waals surface area contributed by atoms with E-state index in [0.717, 1.165) is 0 Å². The Labute approximate surface area is 125 Å². The zero-order chi connectivity index (χ0) is 15.2. The lowest BCUT2D eigenvalue weighted by molar-refractivity contribution is -0.385. The van der Waals surface area contributed by atoms with E-state index < -0.39 is 10.7 Å². The minimum atomic E-state index is -0.497. The van der Waals surface area contributed by atoms with Crippen molar-refractivity contribution in [1.29, 1.82) is 0 Å². The molecule has 0 saturated heterocycles. The van der Waals surface area contributed by atoms with E-state index >= 15 is 0 Å². The molecule has 0 aliphatic carbocycles. The molecule has 7 heteroatoms. The second-order valence-corrected chi connectivity index (χ2v) is 4.31. The quantitative estimate of drug-likeness (QED) is 0.490. The molecular weight excluding hydrogens is 297 g/mol. The van der Waals surface area contributed by atoms with Gasteiger partial charge in [-0.3, -0.25) is 10.1 Å². The van der Waals surface area contributed by atoms with E-state index in [4.69, 9.17) is 21.7 Å². The summed E-state index contributed by atoms with van der Waals surface area (Å²) in [6.07, 6.45) is 0. The zero-order valence-electron chi connectivity index (χ0n) is 10.7. The van der Waals surface area contributed by atoms with Crippen LogP contribution in [0.4, 0.5) is 10.1 Å². The predicted molar refractivity (Wildman–Crippen MR) is 77.5 cm³/mol. The fourth-order valence-electron chi connectivity index (χ4n) is 1.58. The average Bonchev–Trinajstić information content (AvgIpc) is 2.48. The number of halogens is 1. The van der Waals surface area contributed by atoms with Gasteiger partial charge in [0, 0.05) is 18.3 Å². The van der Waals surface area contributed by atoms with Crippen LogP contribution in [0, 0.1) is 15.9 Å². The van der Waals surface area contributed by atoms with Gasteiger partial charge in [0.1, 0.15) is 18.2 Å². The van der Waals surface area contributed by atoms with Crippen LogP contribution in [0.2, 0.25) is 0 Å². The van der Waals surface area contributed by atoms with Gasteiger partial charge in [0.05, 0.1) is 10.5 Å². The minimum Gasteiger partial charge on any atom is -0.451 e. The van der Waals surface area contributed by atoms with E-state index in [0.29, 0.717) is 11.3 Å². The maximum absolute atomic E-state index is 12.7. The molecule has 0 N–H and O–H groups in total. The van der Waals surface area contributed by atoms with Gasteiger partial charge in [-0.05, 0) is 30.3 Å². The first kappa shape index (κ1) is 14.9. The molecule has 21 heavy (non-hydrogen) atoms. The number of hydrogen-bond acceptors (Lipinski definition) is 5. The van der Waals surface area contributed by atoms with E-state index in [2.05, 4.69) is 0 Å². The molecule has 0 aliphatic rings. The molecule has 0 spiro atoms. The molecule has 2 aromatic rings. The standard InChI is InChI=1S/C14H10FNO4S/c15-11-5-7-12(8-6-11)20-14(21)19-9-10-3-1-2-4-13(10)16(17)18/h1-8H,9H2. The van der Waals surface area contributed by atoms with E-state index in [-0.39, 0.29) is 17.5 Å². The molecular formula is C14H10FNO4S. The third-order valence-corrected chi connectivity index (χ3v) is 2.75. The minimum absolute atomic E-state index is 0.0536. The highest BCUT2D eigenvalue weighted by Gasteiger charge is 2.13. The lowest BCUT2D eigenvalue weighted by atomic mass is 10.2. The number of nitrogens with zero attached hydrogens (tertiary/aromatic N) is 1. The second kappa shape index (κ2) is 6.76. The van der Waals surface area contributed by atoms with Crippen molar-refractivity contribution in [3.8, 4) is 5.75 Å². The highest BCUT2D eigenvalue weighted by molar-refractivity contribution is 7.79. The number of nitro benzene ring substituents is 1. The van der Waals surface area contributed by atoms with Gasteiger partial charge in [0.2, 0.25) is 0 Å². The fraction of sp³-hybridized carbons (Fsp3) is 0.0714. The third-order valence-electron chi connectivity index (χ3n) is 2.55. The normalized spacial score (nSPS) is 9.95. The third kappa shape index (κ3) is 4.22. The smallest absolute Gasteiger partial charge is 0.358 e. The van der Waals surface area contributed by atoms with Crippen LogP contribution in [-0.4, -0.2) is 10.2 Å².